The SMILES string of the molecule is CC(C)C1(CNCCCCCO)CC1. The number of aliphatic hydroxyl groups is 1. The van der Waals surface area contributed by atoms with Gasteiger partial charge in [-0.15, -0.1) is 0 Å². The molecule has 1 aliphatic rings. The first kappa shape index (κ1) is 12.0. The van der Waals surface area contributed by atoms with Crippen LogP contribution in [0.5, 0.6) is 0 Å². The molecule has 14 heavy (non-hydrogen) atoms. The van der Waals surface area contributed by atoms with E-state index in [-0.39, 0.29) is 0 Å². The third-order valence-electron chi connectivity index (χ3n) is 3.61. The van der Waals surface area contributed by atoms with Crippen molar-refractivity contribution in [2.75, 3.05) is 19.7 Å². The van der Waals surface area contributed by atoms with Gasteiger partial charge in [0.05, 0.1) is 0 Å². The van der Waals surface area contributed by atoms with Crippen LogP contribution in [0.25, 0.3) is 0 Å². The van der Waals surface area contributed by atoms with E-state index in [1.807, 2.05) is 0 Å². The van der Waals surface area contributed by atoms with Crippen LogP contribution in [-0.2, 0) is 0 Å². The lowest BCUT2D eigenvalue weighted by Gasteiger charge is -2.19. The molecular formula is C12H25NO. The van der Waals surface area contributed by atoms with Gasteiger partial charge in [-0.2, -0.15) is 0 Å². The second-order valence-corrected chi connectivity index (χ2v) is 4.98. The largest absolute Gasteiger partial charge is 0.396 e. The van der Waals surface area contributed by atoms with Crippen molar-refractivity contribution in [2.45, 2.75) is 46.0 Å². The van der Waals surface area contributed by atoms with Crippen molar-refractivity contribution >= 4 is 0 Å². The van der Waals surface area contributed by atoms with Crippen LogP contribution in [0.2, 0.25) is 0 Å². The lowest BCUT2D eigenvalue weighted by Crippen LogP contribution is -2.28. The predicted molar refractivity (Wildman–Crippen MR) is 60.3 cm³/mol. The first-order valence-electron chi connectivity index (χ1n) is 6.03. The van der Waals surface area contributed by atoms with Gasteiger partial charge in [-0.3, -0.25) is 0 Å². The van der Waals surface area contributed by atoms with Crippen molar-refractivity contribution in [1.29, 1.82) is 0 Å². The monoisotopic (exact) mass is 199 g/mol. The fraction of sp³-hybridized carbons (Fsp3) is 1.00. The summed E-state index contributed by atoms with van der Waals surface area (Å²) in [5, 5.41) is 12.2. The molecule has 0 bridgehead atoms. The van der Waals surface area contributed by atoms with Gasteiger partial charge in [-0.25, -0.2) is 0 Å². The van der Waals surface area contributed by atoms with Crippen LogP contribution >= 0.6 is 0 Å². The summed E-state index contributed by atoms with van der Waals surface area (Å²) in [6, 6.07) is 0. The van der Waals surface area contributed by atoms with E-state index >= 15 is 0 Å². The molecule has 0 aromatic heterocycles. The van der Waals surface area contributed by atoms with Gasteiger partial charge in [0, 0.05) is 13.2 Å². The highest BCUT2D eigenvalue weighted by Crippen LogP contribution is 2.51. The molecule has 0 aliphatic heterocycles. The van der Waals surface area contributed by atoms with Gasteiger partial charge in [0.25, 0.3) is 0 Å². The fourth-order valence-corrected chi connectivity index (χ4v) is 1.99. The average Bonchev–Trinajstić information content (AvgIpc) is 2.92. The second kappa shape index (κ2) is 5.72. The van der Waals surface area contributed by atoms with Gasteiger partial charge >= 0.3 is 0 Å². The first-order valence-corrected chi connectivity index (χ1v) is 6.03. The molecule has 0 atom stereocenters. The van der Waals surface area contributed by atoms with Gasteiger partial charge in [0.2, 0.25) is 0 Å². The van der Waals surface area contributed by atoms with E-state index in [1.165, 1.54) is 25.8 Å². The lowest BCUT2D eigenvalue weighted by molar-refractivity contribution is 0.281. The molecule has 0 spiro atoms. The molecule has 1 fully saturated rings. The number of rotatable bonds is 8. The Labute approximate surface area is 88.1 Å². The molecule has 84 valence electrons. The molecule has 0 radical (unpaired) electrons. The van der Waals surface area contributed by atoms with Crippen LogP contribution in [0.1, 0.15) is 46.0 Å². The third-order valence-corrected chi connectivity index (χ3v) is 3.61. The van der Waals surface area contributed by atoms with Crippen LogP contribution in [0.4, 0.5) is 0 Å². The van der Waals surface area contributed by atoms with Crippen LogP contribution in [0.15, 0.2) is 0 Å². The van der Waals surface area contributed by atoms with Gasteiger partial charge in [-0.1, -0.05) is 13.8 Å². The summed E-state index contributed by atoms with van der Waals surface area (Å²) in [6.07, 6.45) is 6.13. The quantitative estimate of drug-likeness (QED) is 0.587. The van der Waals surface area contributed by atoms with Crippen molar-refractivity contribution in [3.05, 3.63) is 0 Å². The highest BCUT2D eigenvalue weighted by Gasteiger charge is 2.44. The molecule has 1 aliphatic carbocycles. The standard InChI is InChI=1S/C12H25NO/c1-11(2)12(6-7-12)10-13-8-4-3-5-9-14/h11,13-14H,3-10H2,1-2H3. The van der Waals surface area contributed by atoms with E-state index in [1.54, 1.807) is 0 Å². The van der Waals surface area contributed by atoms with Gasteiger partial charge in [-0.05, 0) is 50.0 Å². The first-order chi connectivity index (χ1) is 6.71. The number of aliphatic hydroxyl groups excluding tert-OH is 1. The van der Waals surface area contributed by atoms with Gasteiger partial charge in [0.1, 0.15) is 0 Å². The number of hydrogen-bond acceptors (Lipinski definition) is 2. The lowest BCUT2D eigenvalue weighted by atomic mass is 9.92. The van der Waals surface area contributed by atoms with Gasteiger partial charge in [0.15, 0.2) is 0 Å². The van der Waals surface area contributed by atoms with E-state index in [9.17, 15) is 0 Å². The van der Waals surface area contributed by atoms with E-state index in [0.29, 0.717) is 12.0 Å². The van der Waals surface area contributed by atoms with Crippen molar-refractivity contribution in [1.82, 2.24) is 5.32 Å². The average molecular weight is 199 g/mol. The molecule has 1 saturated carbocycles. The van der Waals surface area contributed by atoms with E-state index in [0.717, 1.165) is 25.3 Å². The molecular weight excluding hydrogens is 174 g/mol. The maximum Gasteiger partial charge on any atom is 0.0431 e. The Kier molecular flexibility index (Phi) is 4.90. The summed E-state index contributed by atoms with van der Waals surface area (Å²) in [4.78, 5) is 0. The molecule has 0 amide bonds. The molecule has 0 aromatic carbocycles. The Morgan fingerprint density at radius 3 is 2.43 bits per heavy atom. The molecule has 0 aromatic rings. The Bertz CT molecular complexity index is 152. The van der Waals surface area contributed by atoms with Crippen molar-refractivity contribution < 1.29 is 5.11 Å². The Balaban J connectivity index is 1.94. The van der Waals surface area contributed by atoms with Crippen LogP contribution in [0.3, 0.4) is 0 Å². The zero-order chi connectivity index (χ0) is 10.4. The molecule has 2 nitrogen and oxygen atoms in total. The smallest absolute Gasteiger partial charge is 0.0431 e. The molecule has 1 rings (SSSR count). The van der Waals surface area contributed by atoms with E-state index in [2.05, 4.69) is 19.2 Å². The highest BCUT2D eigenvalue weighted by atomic mass is 16.2. The van der Waals surface area contributed by atoms with E-state index in [4.69, 9.17) is 5.11 Å². The number of nitrogens with one attached hydrogen (secondary N) is 1. The Morgan fingerprint density at radius 1 is 1.21 bits per heavy atom. The zero-order valence-electron chi connectivity index (χ0n) is 9.68. The molecule has 2 N–H and O–H groups in total. The van der Waals surface area contributed by atoms with Crippen molar-refractivity contribution in [3.8, 4) is 0 Å². The van der Waals surface area contributed by atoms with E-state index < -0.39 is 0 Å². The summed E-state index contributed by atoms with van der Waals surface area (Å²) in [7, 11) is 0. The summed E-state index contributed by atoms with van der Waals surface area (Å²) in [6.45, 7) is 7.33. The minimum absolute atomic E-state index is 0.343. The summed E-state index contributed by atoms with van der Waals surface area (Å²) < 4.78 is 0. The second-order valence-electron chi connectivity index (χ2n) is 4.98. The molecule has 2 heteroatoms. The molecule has 0 saturated heterocycles. The highest BCUT2D eigenvalue weighted by molar-refractivity contribution is 4.96. The maximum absolute atomic E-state index is 8.61. The van der Waals surface area contributed by atoms with Crippen LogP contribution in [0, 0.1) is 11.3 Å². The Morgan fingerprint density at radius 2 is 1.93 bits per heavy atom. The normalized spacial score (nSPS) is 18.9. The van der Waals surface area contributed by atoms with Crippen molar-refractivity contribution in [3.63, 3.8) is 0 Å². The predicted octanol–water partition coefficient (Wildman–Crippen LogP) is 2.17. The van der Waals surface area contributed by atoms with Crippen LogP contribution < -0.4 is 5.32 Å². The maximum atomic E-state index is 8.61. The van der Waals surface area contributed by atoms with Crippen molar-refractivity contribution in [2.24, 2.45) is 11.3 Å². The summed E-state index contributed by atoms with van der Waals surface area (Å²) in [5.74, 6) is 0.826. The molecule has 0 heterocycles. The van der Waals surface area contributed by atoms with Crippen LogP contribution in [-0.4, -0.2) is 24.8 Å². The topological polar surface area (TPSA) is 32.3 Å². The van der Waals surface area contributed by atoms with Gasteiger partial charge < -0.3 is 10.4 Å². The molecule has 0 unspecified atom stereocenters. The summed E-state index contributed by atoms with van der Waals surface area (Å²) >= 11 is 0. The minimum atomic E-state index is 0.343. The number of hydrogen-bond donors (Lipinski definition) is 2. The zero-order valence-corrected chi connectivity index (χ0v) is 9.68. The Hall–Kier alpha value is -0.0800. The third kappa shape index (κ3) is 3.58. The number of unbranched alkanes of at least 4 members (excludes halogenated alkanes) is 2. The fourth-order valence-electron chi connectivity index (χ4n) is 1.99. The minimum Gasteiger partial charge on any atom is -0.396 e. The summed E-state index contributed by atoms with van der Waals surface area (Å²) in [5.41, 5.74) is 0.636.